The number of ether oxygens (including phenoxy) is 2. The summed E-state index contributed by atoms with van der Waals surface area (Å²) in [5, 5.41) is 24.4. The summed E-state index contributed by atoms with van der Waals surface area (Å²) < 4.78 is 10.7. The molecule has 0 bridgehead atoms. The number of anilines is 1. The molecule has 16 heteroatoms. The first-order chi connectivity index (χ1) is 21.0. The number of amides is 3. The second-order valence-electron chi connectivity index (χ2n) is 8.99. The van der Waals surface area contributed by atoms with Gasteiger partial charge in [-0.25, -0.2) is 4.79 Å². The van der Waals surface area contributed by atoms with Crippen LogP contribution in [0.15, 0.2) is 65.6 Å². The summed E-state index contributed by atoms with van der Waals surface area (Å²) in [6.45, 7) is 1.42. The molecule has 1 N–H and O–H groups in total. The second kappa shape index (κ2) is 13.8. The van der Waals surface area contributed by atoms with E-state index in [4.69, 9.17) is 21.1 Å². The van der Waals surface area contributed by atoms with Crippen molar-refractivity contribution >= 4 is 69.5 Å². The Morgan fingerprint density at radius 1 is 1.05 bits per heavy atom. The molecule has 1 aliphatic rings. The van der Waals surface area contributed by atoms with Crippen LogP contribution in [0.25, 0.3) is 6.08 Å². The monoisotopic (exact) mass is 640 g/mol. The van der Waals surface area contributed by atoms with Gasteiger partial charge < -0.3 is 14.8 Å². The average molecular weight is 641 g/mol. The first kappa shape index (κ1) is 31.7. The Balaban J connectivity index is 1.45. The molecule has 44 heavy (non-hydrogen) atoms. The van der Waals surface area contributed by atoms with Gasteiger partial charge in [0.05, 0.1) is 38.0 Å². The van der Waals surface area contributed by atoms with Crippen molar-refractivity contribution in [2.75, 3.05) is 18.5 Å². The highest BCUT2D eigenvalue weighted by atomic mass is 35.5. The zero-order valence-corrected chi connectivity index (χ0v) is 24.3. The molecule has 1 aliphatic heterocycles. The summed E-state index contributed by atoms with van der Waals surface area (Å²) >= 11 is 6.68. The van der Waals surface area contributed by atoms with Crippen LogP contribution in [0.3, 0.4) is 0 Å². The van der Waals surface area contributed by atoms with Gasteiger partial charge in [0, 0.05) is 11.8 Å². The average Bonchev–Trinajstić information content (AvgIpc) is 3.24. The fourth-order valence-electron chi connectivity index (χ4n) is 3.81. The van der Waals surface area contributed by atoms with E-state index in [1.807, 2.05) is 6.92 Å². The molecule has 1 saturated heterocycles. The van der Waals surface area contributed by atoms with Crippen LogP contribution in [0.4, 0.5) is 21.9 Å². The normalized spacial score (nSPS) is 13.6. The third kappa shape index (κ3) is 7.56. The van der Waals surface area contributed by atoms with Crippen LogP contribution in [0.5, 0.6) is 11.5 Å². The minimum absolute atomic E-state index is 0.00807. The number of halogens is 1. The van der Waals surface area contributed by atoms with E-state index in [1.54, 1.807) is 6.07 Å². The Labute approximate surface area is 257 Å². The van der Waals surface area contributed by atoms with Crippen LogP contribution in [0, 0.1) is 20.2 Å². The van der Waals surface area contributed by atoms with Gasteiger partial charge in [0.2, 0.25) is 11.7 Å². The van der Waals surface area contributed by atoms with E-state index in [1.165, 1.54) is 42.5 Å². The standard InChI is InChI=1S/C28H21ClN4O10S/c1-2-10-42-27(36)20-13-17(6-8-21(20)29)30-25(34)15-31-26(35)24(44-28(31)37)12-16-4-3-5-19(11-16)43-23-9-7-18(32(38)39)14-22(23)33(40)41/h3-9,11-14H,2,10,15H2,1H3,(H,30,34)/b24-12+. The van der Waals surface area contributed by atoms with Crippen molar-refractivity contribution in [2.45, 2.75) is 13.3 Å². The molecule has 0 unspecified atom stereocenters. The van der Waals surface area contributed by atoms with E-state index in [0.29, 0.717) is 23.7 Å². The highest BCUT2D eigenvalue weighted by Crippen LogP contribution is 2.36. The minimum atomic E-state index is -0.814. The Kier molecular flexibility index (Phi) is 9.92. The number of carbonyl (C=O) groups is 4. The van der Waals surface area contributed by atoms with E-state index in [9.17, 15) is 39.4 Å². The molecule has 0 spiro atoms. The smallest absolute Gasteiger partial charge is 0.339 e. The van der Waals surface area contributed by atoms with Crippen LogP contribution >= 0.6 is 23.4 Å². The minimum Gasteiger partial charge on any atom is -0.462 e. The number of nitro benzene ring substituents is 2. The molecule has 3 amide bonds. The Morgan fingerprint density at radius 3 is 2.52 bits per heavy atom. The number of hydrogen-bond donors (Lipinski definition) is 1. The largest absolute Gasteiger partial charge is 0.462 e. The summed E-state index contributed by atoms with van der Waals surface area (Å²) in [5.41, 5.74) is -0.454. The molecule has 4 rings (SSSR count). The Hall–Kier alpha value is -5.28. The molecule has 226 valence electrons. The van der Waals surface area contributed by atoms with Crippen molar-refractivity contribution in [1.82, 2.24) is 4.90 Å². The van der Waals surface area contributed by atoms with Crippen LogP contribution in [-0.2, 0) is 14.3 Å². The van der Waals surface area contributed by atoms with Crippen LogP contribution in [0.2, 0.25) is 5.02 Å². The van der Waals surface area contributed by atoms with Crippen molar-refractivity contribution < 1.29 is 38.5 Å². The summed E-state index contributed by atoms with van der Waals surface area (Å²) in [4.78, 5) is 72.0. The number of non-ortho nitro benzene ring substituents is 1. The van der Waals surface area contributed by atoms with Gasteiger partial charge in [-0.15, -0.1) is 0 Å². The maximum atomic E-state index is 13.0. The predicted octanol–water partition coefficient (Wildman–Crippen LogP) is 6.19. The zero-order chi connectivity index (χ0) is 32.0. The molecule has 1 fully saturated rings. The number of carbonyl (C=O) groups excluding carboxylic acids is 4. The Morgan fingerprint density at radius 2 is 1.82 bits per heavy atom. The number of nitrogens with zero attached hydrogens (tertiary/aromatic N) is 3. The van der Waals surface area contributed by atoms with Crippen LogP contribution < -0.4 is 10.1 Å². The molecule has 0 saturated carbocycles. The SMILES string of the molecule is CCCOC(=O)c1cc(NC(=O)CN2C(=O)S/C(=C/c3cccc(Oc4ccc([N+](=O)[O-])cc4[N+](=O)[O-])c3)C2=O)ccc1Cl. The van der Waals surface area contributed by atoms with Gasteiger partial charge in [0.15, 0.2) is 0 Å². The number of thioether (sulfide) groups is 1. The van der Waals surface area contributed by atoms with Crippen molar-refractivity contribution in [3.05, 3.63) is 102 Å². The third-order valence-corrected chi connectivity index (χ3v) is 7.05. The number of nitrogens with one attached hydrogen (secondary N) is 1. The van der Waals surface area contributed by atoms with Crippen LogP contribution in [-0.4, -0.2) is 50.9 Å². The van der Waals surface area contributed by atoms with Gasteiger partial charge in [-0.05, 0) is 66.2 Å². The topological polar surface area (TPSA) is 188 Å². The van der Waals surface area contributed by atoms with Gasteiger partial charge in [0.1, 0.15) is 12.3 Å². The van der Waals surface area contributed by atoms with E-state index in [0.717, 1.165) is 23.1 Å². The Bertz CT molecular complexity index is 1730. The lowest BCUT2D eigenvalue weighted by Crippen LogP contribution is -2.36. The lowest BCUT2D eigenvalue weighted by atomic mass is 10.2. The maximum absolute atomic E-state index is 13.0. The van der Waals surface area contributed by atoms with Gasteiger partial charge in [-0.1, -0.05) is 30.7 Å². The molecular formula is C28H21ClN4O10S. The van der Waals surface area contributed by atoms with Crippen LogP contribution in [0.1, 0.15) is 29.3 Å². The van der Waals surface area contributed by atoms with Crippen molar-refractivity contribution in [1.29, 1.82) is 0 Å². The predicted molar refractivity (Wildman–Crippen MR) is 160 cm³/mol. The summed E-state index contributed by atoms with van der Waals surface area (Å²) in [6.07, 6.45) is 1.99. The fourth-order valence-corrected chi connectivity index (χ4v) is 4.84. The quantitative estimate of drug-likeness (QED) is 0.109. The number of esters is 1. The van der Waals surface area contributed by atoms with Gasteiger partial charge in [0.25, 0.3) is 16.8 Å². The first-order valence-corrected chi connectivity index (χ1v) is 13.9. The first-order valence-electron chi connectivity index (χ1n) is 12.7. The molecule has 3 aromatic rings. The zero-order valence-electron chi connectivity index (χ0n) is 22.7. The highest BCUT2D eigenvalue weighted by molar-refractivity contribution is 8.18. The van der Waals surface area contributed by atoms with Crippen molar-refractivity contribution in [3.8, 4) is 11.5 Å². The summed E-state index contributed by atoms with van der Waals surface area (Å²) in [5.74, 6) is -2.22. The molecule has 0 aromatic heterocycles. The summed E-state index contributed by atoms with van der Waals surface area (Å²) in [6, 6.07) is 13.2. The number of imide groups is 1. The molecule has 0 radical (unpaired) electrons. The third-order valence-electron chi connectivity index (χ3n) is 5.82. The molecule has 1 heterocycles. The molecule has 0 atom stereocenters. The van der Waals surface area contributed by atoms with E-state index >= 15 is 0 Å². The van der Waals surface area contributed by atoms with E-state index < -0.39 is 50.8 Å². The molecule has 3 aromatic carbocycles. The molecular weight excluding hydrogens is 620 g/mol. The number of nitro groups is 2. The molecule has 0 aliphatic carbocycles. The van der Waals surface area contributed by atoms with Crippen molar-refractivity contribution in [2.24, 2.45) is 0 Å². The van der Waals surface area contributed by atoms with E-state index in [-0.39, 0.29) is 39.3 Å². The van der Waals surface area contributed by atoms with E-state index in [2.05, 4.69) is 5.32 Å². The van der Waals surface area contributed by atoms with Gasteiger partial charge in [-0.3, -0.25) is 39.5 Å². The van der Waals surface area contributed by atoms with Gasteiger partial charge >= 0.3 is 11.7 Å². The number of benzene rings is 3. The lowest BCUT2D eigenvalue weighted by molar-refractivity contribution is -0.394. The maximum Gasteiger partial charge on any atom is 0.339 e. The number of rotatable bonds is 11. The number of hydrogen-bond acceptors (Lipinski definition) is 11. The molecule has 14 nitrogen and oxygen atoms in total. The second-order valence-corrected chi connectivity index (χ2v) is 10.4. The van der Waals surface area contributed by atoms with Gasteiger partial charge in [-0.2, -0.15) is 0 Å². The van der Waals surface area contributed by atoms with Crippen molar-refractivity contribution in [3.63, 3.8) is 0 Å². The fraction of sp³-hybridized carbons (Fsp3) is 0.143. The highest BCUT2D eigenvalue weighted by Gasteiger charge is 2.36. The summed E-state index contributed by atoms with van der Waals surface area (Å²) in [7, 11) is 0. The lowest BCUT2D eigenvalue weighted by Gasteiger charge is -2.13.